The van der Waals surface area contributed by atoms with Gasteiger partial charge in [0.25, 0.3) is 0 Å². The summed E-state index contributed by atoms with van der Waals surface area (Å²) >= 11 is 13.6. The molecule has 2 heterocycles. The first-order valence-corrected chi connectivity index (χ1v) is 7.01. The maximum Gasteiger partial charge on any atom is 0.112 e. The first-order valence-electron chi connectivity index (χ1n) is 5.38. The number of thiophene rings is 1. The number of hydrogen-bond acceptors (Lipinski definition) is 3. The molecule has 6 heteroatoms. The van der Waals surface area contributed by atoms with Crippen molar-refractivity contribution in [1.82, 2.24) is 4.90 Å². The maximum absolute atomic E-state index is 6.12. The summed E-state index contributed by atoms with van der Waals surface area (Å²) in [5.74, 6) is 0. The monoisotopic (exact) mass is 314 g/mol. The minimum absolute atomic E-state index is 0. The van der Waals surface area contributed by atoms with Gasteiger partial charge in [0, 0.05) is 13.1 Å². The van der Waals surface area contributed by atoms with Crippen molar-refractivity contribution in [3.63, 3.8) is 0 Å². The van der Waals surface area contributed by atoms with Crippen LogP contribution in [0.25, 0.3) is 0 Å². The number of halogens is 3. The highest BCUT2D eigenvalue weighted by Crippen LogP contribution is 2.35. The summed E-state index contributed by atoms with van der Waals surface area (Å²) in [5.41, 5.74) is 7.19. The highest BCUT2D eigenvalue weighted by atomic mass is 35.5. The highest BCUT2D eigenvalue weighted by molar-refractivity contribution is 7.15. The second-order valence-corrected chi connectivity index (χ2v) is 6.68. The summed E-state index contributed by atoms with van der Waals surface area (Å²) in [5, 5.41) is 2.76. The van der Waals surface area contributed by atoms with Crippen LogP contribution in [0.2, 0.25) is 9.36 Å². The molecular formula is C11H17Cl3N2S. The van der Waals surface area contributed by atoms with Crippen LogP contribution in [-0.2, 0) is 6.54 Å². The largest absolute Gasteiger partial charge is 0.330 e. The molecule has 0 amide bonds. The van der Waals surface area contributed by atoms with E-state index in [9.17, 15) is 0 Å². The van der Waals surface area contributed by atoms with Crippen molar-refractivity contribution in [3.05, 3.63) is 20.3 Å². The molecule has 1 unspecified atom stereocenters. The average Bonchev–Trinajstić information content (AvgIpc) is 2.78. The fourth-order valence-corrected chi connectivity index (χ4v) is 3.37. The van der Waals surface area contributed by atoms with E-state index in [-0.39, 0.29) is 17.8 Å². The van der Waals surface area contributed by atoms with E-state index in [4.69, 9.17) is 28.9 Å². The molecule has 1 atom stereocenters. The minimum Gasteiger partial charge on any atom is -0.330 e. The summed E-state index contributed by atoms with van der Waals surface area (Å²) in [6, 6.07) is 0. The van der Waals surface area contributed by atoms with E-state index in [1.54, 1.807) is 0 Å². The first kappa shape index (κ1) is 15.5. The Labute approximate surface area is 122 Å². The lowest BCUT2D eigenvalue weighted by molar-refractivity contribution is 0.275. The molecule has 98 valence electrons. The van der Waals surface area contributed by atoms with Crippen LogP contribution >= 0.6 is 46.9 Å². The summed E-state index contributed by atoms with van der Waals surface area (Å²) in [4.78, 5) is 2.40. The van der Waals surface area contributed by atoms with E-state index in [0.29, 0.717) is 9.36 Å². The van der Waals surface area contributed by atoms with Crippen molar-refractivity contribution in [2.45, 2.75) is 19.9 Å². The van der Waals surface area contributed by atoms with Crippen LogP contribution in [0.5, 0.6) is 0 Å². The van der Waals surface area contributed by atoms with Gasteiger partial charge in [0.1, 0.15) is 4.34 Å². The summed E-state index contributed by atoms with van der Waals surface area (Å²) in [6.45, 7) is 6.03. The smallest absolute Gasteiger partial charge is 0.112 e. The van der Waals surface area contributed by atoms with Gasteiger partial charge in [-0.2, -0.15) is 0 Å². The average molecular weight is 316 g/mol. The number of nitrogens with zero attached hydrogens (tertiary/aromatic N) is 1. The van der Waals surface area contributed by atoms with E-state index in [1.807, 2.05) is 5.38 Å². The van der Waals surface area contributed by atoms with Crippen molar-refractivity contribution in [3.8, 4) is 0 Å². The Balaban J connectivity index is 0.00000144. The second-order valence-electron chi connectivity index (χ2n) is 4.82. The Hall–Kier alpha value is 0.490. The van der Waals surface area contributed by atoms with E-state index < -0.39 is 0 Å². The molecule has 2 rings (SSSR count). The molecule has 0 saturated carbocycles. The first-order chi connectivity index (χ1) is 7.54. The Kier molecular flexibility index (Phi) is 5.57. The molecule has 1 aromatic heterocycles. The van der Waals surface area contributed by atoms with Gasteiger partial charge in [0.05, 0.1) is 5.02 Å². The Morgan fingerprint density at radius 3 is 2.71 bits per heavy atom. The molecule has 2 nitrogen and oxygen atoms in total. The molecule has 0 radical (unpaired) electrons. The molecule has 1 aliphatic rings. The second kappa shape index (κ2) is 6.09. The molecular weight excluding hydrogens is 299 g/mol. The van der Waals surface area contributed by atoms with Crippen molar-refractivity contribution in [1.29, 1.82) is 0 Å². The van der Waals surface area contributed by atoms with Crippen molar-refractivity contribution >= 4 is 46.9 Å². The molecule has 1 fully saturated rings. The van der Waals surface area contributed by atoms with Crippen LogP contribution in [-0.4, -0.2) is 24.5 Å². The van der Waals surface area contributed by atoms with E-state index >= 15 is 0 Å². The fourth-order valence-electron chi connectivity index (χ4n) is 2.13. The molecule has 0 spiro atoms. The zero-order valence-corrected chi connectivity index (χ0v) is 12.9. The van der Waals surface area contributed by atoms with Gasteiger partial charge >= 0.3 is 0 Å². The molecule has 1 saturated heterocycles. The lowest BCUT2D eigenvalue weighted by Crippen LogP contribution is -2.31. The Morgan fingerprint density at radius 1 is 1.53 bits per heavy atom. The fraction of sp³-hybridized carbons (Fsp3) is 0.636. The Bertz CT molecular complexity index is 383. The number of likely N-dealkylation sites (tertiary alicyclic amines) is 1. The number of hydrogen-bond donors (Lipinski definition) is 1. The summed E-state index contributed by atoms with van der Waals surface area (Å²) in [6.07, 6.45) is 1.17. The third-order valence-corrected chi connectivity index (χ3v) is 5.19. The predicted octanol–water partition coefficient (Wildman–Crippen LogP) is 3.65. The maximum atomic E-state index is 6.12. The van der Waals surface area contributed by atoms with Crippen LogP contribution in [0, 0.1) is 5.41 Å². The van der Waals surface area contributed by atoms with Gasteiger partial charge in [-0.05, 0) is 35.9 Å². The minimum atomic E-state index is 0. The van der Waals surface area contributed by atoms with Crippen LogP contribution in [0.4, 0.5) is 0 Å². The molecule has 2 N–H and O–H groups in total. The topological polar surface area (TPSA) is 29.3 Å². The summed E-state index contributed by atoms with van der Waals surface area (Å²) in [7, 11) is 0. The molecule has 0 aromatic carbocycles. The van der Waals surface area contributed by atoms with Gasteiger partial charge in [-0.25, -0.2) is 0 Å². The zero-order valence-electron chi connectivity index (χ0n) is 9.71. The van der Waals surface area contributed by atoms with Crippen LogP contribution < -0.4 is 5.73 Å². The van der Waals surface area contributed by atoms with Crippen LogP contribution in [0.3, 0.4) is 0 Å². The van der Waals surface area contributed by atoms with Gasteiger partial charge in [0.2, 0.25) is 0 Å². The SMILES string of the molecule is CC1(CN)CCN(Cc2csc(Cl)c2Cl)C1.Cl. The zero-order chi connectivity index (χ0) is 11.8. The predicted molar refractivity (Wildman–Crippen MR) is 78.6 cm³/mol. The van der Waals surface area contributed by atoms with E-state index in [0.717, 1.165) is 31.7 Å². The van der Waals surface area contributed by atoms with Gasteiger partial charge in [-0.1, -0.05) is 30.1 Å². The lowest BCUT2D eigenvalue weighted by atomic mass is 9.90. The van der Waals surface area contributed by atoms with Crippen molar-refractivity contribution < 1.29 is 0 Å². The van der Waals surface area contributed by atoms with Crippen molar-refractivity contribution in [2.24, 2.45) is 11.1 Å². The Morgan fingerprint density at radius 2 is 2.24 bits per heavy atom. The standard InChI is InChI=1S/C11H16Cl2N2S.ClH/c1-11(6-14)2-3-15(7-11)4-8-5-16-10(13)9(8)12;/h5H,2-4,6-7,14H2,1H3;1H. The van der Waals surface area contributed by atoms with Gasteiger partial charge < -0.3 is 5.73 Å². The molecule has 0 bridgehead atoms. The number of nitrogens with two attached hydrogens (primary N) is 1. The lowest BCUT2D eigenvalue weighted by Gasteiger charge is -2.22. The normalized spacial score (nSPS) is 24.9. The highest BCUT2D eigenvalue weighted by Gasteiger charge is 2.32. The van der Waals surface area contributed by atoms with Gasteiger partial charge in [0.15, 0.2) is 0 Å². The van der Waals surface area contributed by atoms with Crippen LogP contribution in [0.1, 0.15) is 18.9 Å². The van der Waals surface area contributed by atoms with Crippen LogP contribution in [0.15, 0.2) is 5.38 Å². The van der Waals surface area contributed by atoms with Gasteiger partial charge in [-0.15, -0.1) is 23.7 Å². The summed E-state index contributed by atoms with van der Waals surface area (Å²) < 4.78 is 0.692. The molecule has 0 aliphatic carbocycles. The third kappa shape index (κ3) is 3.49. The molecule has 1 aromatic rings. The quantitative estimate of drug-likeness (QED) is 0.922. The van der Waals surface area contributed by atoms with Crippen molar-refractivity contribution in [2.75, 3.05) is 19.6 Å². The van der Waals surface area contributed by atoms with E-state index in [2.05, 4.69) is 11.8 Å². The third-order valence-electron chi connectivity index (χ3n) is 3.28. The number of rotatable bonds is 3. The molecule has 17 heavy (non-hydrogen) atoms. The van der Waals surface area contributed by atoms with E-state index in [1.165, 1.54) is 17.8 Å². The molecule has 1 aliphatic heterocycles. The van der Waals surface area contributed by atoms with Gasteiger partial charge in [-0.3, -0.25) is 4.90 Å².